The zero-order valence-electron chi connectivity index (χ0n) is 22.0. The average molecular weight is 546 g/mol. The van der Waals surface area contributed by atoms with Gasteiger partial charge in [-0.3, -0.25) is 13.9 Å². The summed E-state index contributed by atoms with van der Waals surface area (Å²) in [5, 5.41) is 3.10. The van der Waals surface area contributed by atoms with Gasteiger partial charge in [-0.1, -0.05) is 31.9 Å². The molecule has 1 heterocycles. The Labute approximate surface area is 223 Å². The number of benzene rings is 2. The predicted octanol–water partition coefficient (Wildman–Crippen LogP) is 3.06. The summed E-state index contributed by atoms with van der Waals surface area (Å²) >= 11 is 0. The van der Waals surface area contributed by atoms with E-state index in [0.717, 1.165) is 41.8 Å². The number of rotatable bonds is 11. The molecule has 0 spiro atoms. The first-order valence-electron chi connectivity index (χ1n) is 12.8. The van der Waals surface area contributed by atoms with Crippen molar-refractivity contribution in [2.45, 2.75) is 57.7 Å². The molecule has 0 saturated heterocycles. The topological polar surface area (TPSA) is 114 Å². The lowest BCUT2D eigenvalue weighted by Crippen LogP contribution is -2.53. The highest BCUT2D eigenvalue weighted by atomic mass is 32.2. The summed E-state index contributed by atoms with van der Waals surface area (Å²) in [4.78, 5) is 28.7. The summed E-state index contributed by atoms with van der Waals surface area (Å²) in [6.07, 6.45) is 5.39. The van der Waals surface area contributed by atoms with Crippen LogP contribution in [0.25, 0.3) is 0 Å². The minimum Gasteiger partial charge on any atom is -0.497 e. The Bertz CT molecular complexity index is 1240. The number of methoxy groups -OCH3 is 1. The van der Waals surface area contributed by atoms with Crippen LogP contribution in [0.1, 0.15) is 44.6 Å². The first kappa shape index (κ1) is 27.6. The van der Waals surface area contributed by atoms with Crippen LogP contribution >= 0.6 is 0 Å². The lowest BCUT2D eigenvalue weighted by atomic mass is 10.1. The van der Waals surface area contributed by atoms with E-state index in [1.54, 1.807) is 31.4 Å². The lowest BCUT2D eigenvalue weighted by Gasteiger charge is -2.33. The predicted molar refractivity (Wildman–Crippen MR) is 143 cm³/mol. The van der Waals surface area contributed by atoms with Gasteiger partial charge in [0, 0.05) is 18.7 Å². The lowest BCUT2D eigenvalue weighted by molar-refractivity contribution is -0.140. The van der Waals surface area contributed by atoms with E-state index in [2.05, 4.69) is 5.32 Å². The third-order valence-corrected chi connectivity index (χ3v) is 8.06. The van der Waals surface area contributed by atoms with Gasteiger partial charge in [0.15, 0.2) is 11.5 Å². The molecule has 4 rings (SSSR count). The maximum Gasteiger partial charge on any atom is 0.244 e. The Balaban J connectivity index is 1.62. The molecule has 2 amide bonds. The molecule has 1 aliphatic carbocycles. The van der Waals surface area contributed by atoms with Crippen LogP contribution in [0.3, 0.4) is 0 Å². The van der Waals surface area contributed by atoms with Gasteiger partial charge >= 0.3 is 0 Å². The summed E-state index contributed by atoms with van der Waals surface area (Å²) in [5.74, 6) is 0.863. The number of hydrogen-bond acceptors (Lipinski definition) is 7. The summed E-state index contributed by atoms with van der Waals surface area (Å²) in [7, 11) is -2.27. The number of fused-ring (bicyclic) bond motifs is 1. The van der Waals surface area contributed by atoms with Crippen LogP contribution in [0.2, 0.25) is 0 Å². The van der Waals surface area contributed by atoms with Crippen molar-refractivity contribution in [3.63, 3.8) is 0 Å². The van der Waals surface area contributed by atoms with Crippen LogP contribution in [0.4, 0.5) is 5.69 Å². The second-order valence-corrected chi connectivity index (χ2v) is 11.5. The first-order chi connectivity index (χ1) is 18.2. The number of amides is 2. The fourth-order valence-corrected chi connectivity index (χ4v) is 5.71. The quantitative estimate of drug-likeness (QED) is 0.462. The molecule has 1 saturated carbocycles. The van der Waals surface area contributed by atoms with Gasteiger partial charge in [-0.05, 0) is 49.1 Å². The largest absolute Gasteiger partial charge is 0.497 e. The van der Waals surface area contributed by atoms with E-state index in [1.165, 1.54) is 11.0 Å². The Morgan fingerprint density at radius 1 is 1.08 bits per heavy atom. The van der Waals surface area contributed by atoms with Crippen LogP contribution in [-0.2, 0) is 26.2 Å². The summed E-state index contributed by atoms with van der Waals surface area (Å²) in [6, 6.07) is 11.3. The molecule has 1 fully saturated rings. The van der Waals surface area contributed by atoms with Crippen molar-refractivity contribution < 1.29 is 32.2 Å². The van der Waals surface area contributed by atoms with Crippen molar-refractivity contribution in [3.8, 4) is 17.2 Å². The number of carbonyl (C=O) groups is 2. The number of anilines is 1. The van der Waals surface area contributed by atoms with E-state index in [9.17, 15) is 18.0 Å². The zero-order valence-corrected chi connectivity index (χ0v) is 22.8. The molecule has 2 aliphatic rings. The number of nitrogens with zero attached hydrogens (tertiary/aromatic N) is 2. The summed E-state index contributed by atoms with van der Waals surface area (Å²) in [5.41, 5.74) is 1.07. The molecular formula is C27H35N3O7S. The molecule has 2 aromatic carbocycles. The van der Waals surface area contributed by atoms with E-state index < -0.39 is 28.5 Å². The van der Waals surface area contributed by atoms with E-state index >= 15 is 0 Å². The molecule has 1 unspecified atom stereocenters. The number of sulfonamides is 1. The van der Waals surface area contributed by atoms with Crippen molar-refractivity contribution in [1.29, 1.82) is 0 Å². The molecule has 10 nitrogen and oxygen atoms in total. The Kier molecular flexibility index (Phi) is 8.65. The normalized spacial score (nSPS) is 15.7. The van der Waals surface area contributed by atoms with Crippen molar-refractivity contribution in [3.05, 3.63) is 48.0 Å². The number of ether oxygens (including phenoxy) is 3. The van der Waals surface area contributed by atoms with Gasteiger partial charge < -0.3 is 24.4 Å². The van der Waals surface area contributed by atoms with Crippen LogP contribution in [-0.4, -0.2) is 63.9 Å². The van der Waals surface area contributed by atoms with E-state index in [4.69, 9.17) is 14.2 Å². The maximum atomic E-state index is 13.8. The van der Waals surface area contributed by atoms with E-state index in [0.29, 0.717) is 23.7 Å². The van der Waals surface area contributed by atoms with Gasteiger partial charge in [0.2, 0.25) is 28.6 Å². The van der Waals surface area contributed by atoms with Gasteiger partial charge in [0.05, 0.1) is 19.1 Å². The Morgan fingerprint density at radius 2 is 1.76 bits per heavy atom. The van der Waals surface area contributed by atoms with Crippen molar-refractivity contribution in [1.82, 2.24) is 10.2 Å². The average Bonchev–Trinajstić information content (AvgIpc) is 3.58. The zero-order chi connectivity index (χ0) is 27.3. The molecule has 38 heavy (non-hydrogen) atoms. The molecule has 1 atom stereocenters. The summed E-state index contributed by atoms with van der Waals surface area (Å²) < 4.78 is 42.6. The SMILES string of the molecule is CCC(C(=O)NC1CCCC1)N(Cc1ccc(OC)cc1)C(=O)CN(c1ccc2c(c1)OCO2)S(C)(=O)=O. The number of nitrogens with one attached hydrogen (secondary N) is 1. The molecule has 1 N–H and O–H groups in total. The van der Waals surface area contributed by atoms with Gasteiger partial charge in [0.1, 0.15) is 18.3 Å². The highest BCUT2D eigenvalue weighted by molar-refractivity contribution is 7.92. The minimum atomic E-state index is -3.84. The van der Waals surface area contributed by atoms with Crippen LogP contribution in [0.5, 0.6) is 17.2 Å². The molecule has 11 heteroatoms. The molecule has 0 aromatic heterocycles. The number of hydrogen-bond donors (Lipinski definition) is 1. The maximum absolute atomic E-state index is 13.8. The third kappa shape index (κ3) is 6.50. The van der Waals surface area contributed by atoms with Gasteiger partial charge in [0.25, 0.3) is 0 Å². The molecule has 0 bridgehead atoms. The third-order valence-electron chi connectivity index (χ3n) is 6.92. The molecule has 1 aliphatic heterocycles. The van der Waals surface area contributed by atoms with Gasteiger partial charge in [-0.15, -0.1) is 0 Å². The van der Waals surface area contributed by atoms with E-state index in [1.807, 2.05) is 19.1 Å². The highest BCUT2D eigenvalue weighted by Gasteiger charge is 2.33. The van der Waals surface area contributed by atoms with E-state index in [-0.39, 0.29) is 31.0 Å². The molecular weight excluding hydrogens is 510 g/mol. The second-order valence-electron chi connectivity index (χ2n) is 9.59. The highest BCUT2D eigenvalue weighted by Crippen LogP contribution is 2.36. The standard InChI is InChI=1S/C27H35N3O7S/c1-4-23(27(32)28-20-7-5-6-8-20)29(16-19-9-12-22(35-2)13-10-19)26(31)17-30(38(3,33)34)21-11-14-24-25(15-21)37-18-36-24/h9-15,20,23H,4-8,16-18H2,1-3H3,(H,28,32). The minimum absolute atomic E-state index is 0.0422. The Hall–Kier alpha value is -3.47. The van der Waals surface area contributed by atoms with Crippen LogP contribution in [0.15, 0.2) is 42.5 Å². The Morgan fingerprint density at radius 3 is 2.39 bits per heavy atom. The van der Waals surface area contributed by atoms with Crippen LogP contribution in [0, 0.1) is 0 Å². The monoisotopic (exact) mass is 545 g/mol. The smallest absolute Gasteiger partial charge is 0.244 e. The first-order valence-corrected chi connectivity index (χ1v) is 14.6. The van der Waals surface area contributed by atoms with Crippen molar-refractivity contribution >= 4 is 27.5 Å². The number of carbonyl (C=O) groups excluding carboxylic acids is 2. The molecule has 206 valence electrons. The molecule has 2 aromatic rings. The summed E-state index contributed by atoms with van der Waals surface area (Å²) in [6.45, 7) is 1.56. The van der Waals surface area contributed by atoms with Crippen LogP contribution < -0.4 is 23.8 Å². The van der Waals surface area contributed by atoms with Crippen molar-refractivity contribution in [2.24, 2.45) is 0 Å². The van der Waals surface area contributed by atoms with Crippen molar-refractivity contribution in [2.75, 3.05) is 31.0 Å². The van der Waals surface area contributed by atoms with Gasteiger partial charge in [-0.2, -0.15) is 0 Å². The van der Waals surface area contributed by atoms with Gasteiger partial charge in [-0.25, -0.2) is 8.42 Å². The molecule has 0 radical (unpaired) electrons. The fraction of sp³-hybridized carbons (Fsp3) is 0.481. The fourth-order valence-electron chi connectivity index (χ4n) is 4.87. The second kappa shape index (κ2) is 11.9.